The summed E-state index contributed by atoms with van der Waals surface area (Å²) in [5, 5.41) is 0. The van der Waals surface area contributed by atoms with Crippen LogP contribution in [0.15, 0.2) is 24.4 Å². The van der Waals surface area contributed by atoms with Crippen molar-refractivity contribution in [3.8, 4) is 0 Å². The molecule has 1 aromatic rings. The van der Waals surface area contributed by atoms with E-state index in [1.54, 1.807) is 6.20 Å². The van der Waals surface area contributed by atoms with E-state index < -0.39 is 0 Å². The van der Waals surface area contributed by atoms with E-state index in [2.05, 4.69) is 23.7 Å². The van der Waals surface area contributed by atoms with Gasteiger partial charge in [-0.3, -0.25) is 9.78 Å². The van der Waals surface area contributed by atoms with E-state index in [-0.39, 0.29) is 5.91 Å². The molecule has 0 aliphatic heterocycles. The number of rotatable bonds is 5. The van der Waals surface area contributed by atoms with Gasteiger partial charge in [0.2, 0.25) is 5.91 Å². The fraction of sp³-hybridized carbons (Fsp3) is 0.625. The van der Waals surface area contributed by atoms with Gasteiger partial charge in [-0.2, -0.15) is 0 Å². The molecule has 0 radical (unpaired) electrons. The van der Waals surface area contributed by atoms with Gasteiger partial charge in [-0.25, -0.2) is 0 Å². The van der Waals surface area contributed by atoms with Crippen molar-refractivity contribution in [2.24, 2.45) is 0 Å². The number of nitrogens with zero attached hydrogens (tertiary/aromatic N) is 2. The van der Waals surface area contributed by atoms with Crippen LogP contribution >= 0.6 is 0 Å². The first-order chi connectivity index (χ1) is 9.22. The van der Waals surface area contributed by atoms with E-state index in [4.69, 9.17) is 0 Å². The Morgan fingerprint density at radius 1 is 1.42 bits per heavy atom. The van der Waals surface area contributed by atoms with Crippen molar-refractivity contribution in [3.63, 3.8) is 0 Å². The van der Waals surface area contributed by atoms with Crippen LogP contribution in [0, 0.1) is 0 Å². The van der Waals surface area contributed by atoms with Crippen LogP contribution in [0.3, 0.4) is 0 Å². The number of carbonyl (C=O) groups excluding carboxylic acids is 1. The Labute approximate surface area is 116 Å². The van der Waals surface area contributed by atoms with E-state index in [1.807, 2.05) is 18.2 Å². The first-order valence-corrected chi connectivity index (χ1v) is 7.43. The van der Waals surface area contributed by atoms with Crippen molar-refractivity contribution in [2.45, 2.75) is 64.5 Å². The summed E-state index contributed by atoms with van der Waals surface area (Å²) >= 11 is 0. The molecule has 1 saturated carbocycles. The highest BCUT2D eigenvalue weighted by Gasteiger charge is 2.29. The molecule has 104 valence electrons. The maximum atomic E-state index is 12.6. The summed E-state index contributed by atoms with van der Waals surface area (Å²) < 4.78 is 0. The smallest absolute Gasteiger partial charge is 0.229 e. The number of pyridine rings is 1. The van der Waals surface area contributed by atoms with Crippen molar-refractivity contribution in [3.05, 3.63) is 30.1 Å². The summed E-state index contributed by atoms with van der Waals surface area (Å²) in [6.07, 6.45) is 8.05. The van der Waals surface area contributed by atoms with Gasteiger partial charge < -0.3 is 4.90 Å². The molecule has 1 fully saturated rings. The van der Waals surface area contributed by atoms with Crippen molar-refractivity contribution in [1.29, 1.82) is 0 Å². The molecule has 0 N–H and O–H groups in total. The number of hydrogen-bond acceptors (Lipinski definition) is 2. The average Bonchev–Trinajstić information content (AvgIpc) is 2.93. The molecule has 1 aliphatic rings. The monoisotopic (exact) mass is 260 g/mol. The van der Waals surface area contributed by atoms with E-state index in [0.29, 0.717) is 18.5 Å². The van der Waals surface area contributed by atoms with Gasteiger partial charge in [0.1, 0.15) is 0 Å². The van der Waals surface area contributed by atoms with Crippen LogP contribution in [0.4, 0.5) is 0 Å². The maximum Gasteiger partial charge on any atom is 0.229 e. The van der Waals surface area contributed by atoms with Gasteiger partial charge in [-0.15, -0.1) is 0 Å². The van der Waals surface area contributed by atoms with Crippen molar-refractivity contribution >= 4 is 5.91 Å². The highest BCUT2D eigenvalue weighted by Crippen LogP contribution is 2.26. The topological polar surface area (TPSA) is 33.2 Å². The van der Waals surface area contributed by atoms with Crippen LogP contribution in [-0.2, 0) is 11.2 Å². The van der Waals surface area contributed by atoms with Crippen LogP contribution in [-0.4, -0.2) is 27.9 Å². The largest absolute Gasteiger partial charge is 0.337 e. The summed E-state index contributed by atoms with van der Waals surface area (Å²) in [5.41, 5.74) is 0.874. The third-order valence-corrected chi connectivity index (χ3v) is 4.13. The molecule has 1 atom stereocenters. The molecule has 1 amide bonds. The Kier molecular flexibility index (Phi) is 4.94. The summed E-state index contributed by atoms with van der Waals surface area (Å²) in [5.74, 6) is 0.236. The van der Waals surface area contributed by atoms with Crippen LogP contribution < -0.4 is 0 Å². The normalized spacial score (nSPS) is 17.4. The number of amides is 1. The second-order valence-electron chi connectivity index (χ2n) is 5.49. The molecule has 2 rings (SSSR count). The minimum Gasteiger partial charge on any atom is -0.337 e. The molecule has 0 unspecified atom stereocenters. The van der Waals surface area contributed by atoms with Crippen molar-refractivity contribution < 1.29 is 4.79 Å². The highest BCUT2D eigenvalue weighted by atomic mass is 16.2. The predicted octanol–water partition coefficient (Wildman–Crippen LogP) is 3.19. The molecule has 3 heteroatoms. The zero-order valence-electron chi connectivity index (χ0n) is 12.0. The quantitative estimate of drug-likeness (QED) is 0.814. The molecule has 0 saturated heterocycles. The molecule has 3 nitrogen and oxygen atoms in total. The lowest BCUT2D eigenvalue weighted by molar-refractivity contribution is -0.135. The molecule has 19 heavy (non-hydrogen) atoms. The summed E-state index contributed by atoms with van der Waals surface area (Å²) in [4.78, 5) is 19.0. The number of aromatic nitrogens is 1. The Morgan fingerprint density at radius 3 is 2.74 bits per heavy atom. The molecule has 1 heterocycles. The molecule has 0 spiro atoms. The van der Waals surface area contributed by atoms with Crippen LogP contribution in [0.2, 0.25) is 0 Å². The van der Waals surface area contributed by atoms with Crippen LogP contribution in [0.5, 0.6) is 0 Å². The Hall–Kier alpha value is -1.38. The SMILES string of the molecule is CC[C@H](C)N(C(=O)Cc1ccccn1)C1CCCC1. The zero-order valence-corrected chi connectivity index (χ0v) is 12.0. The van der Waals surface area contributed by atoms with Gasteiger partial charge in [-0.1, -0.05) is 25.8 Å². The summed E-state index contributed by atoms with van der Waals surface area (Å²) in [6.45, 7) is 4.31. The minimum absolute atomic E-state index is 0.236. The fourth-order valence-corrected chi connectivity index (χ4v) is 2.94. The van der Waals surface area contributed by atoms with E-state index in [0.717, 1.165) is 25.0 Å². The molecule has 1 aromatic heterocycles. The Bertz CT molecular complexity index is 398. The number of hydrogen-bond donors (Lipinski definition) is 0. The minimum atomic E-state index is 0.236. The van der Waals surface area contributed by atoms with Gasteiger partial charge in [0.25, 0.3) is 0 Å². The molecule has 0 bridgehead atoms. The Balaban J connectivity index is 2.07. The second-order valence-corrected chi connectivity index (χ2v) is 5.49. The lowest BCUT2D eigenvalue weighted by Gasteiger charge is -2.34. The van der Waals surface area contributed by atoms with Crippen LogP contribution in [0.25, 0.3) is 0 Å². The van der Waals surface area contributed by atoms with Gasteiger partial charge in [0.15, 0.2) is 0 Å². The first-order valence-electron chi connectivity index (χ1n) is 7.43. The van der Waals surface area contributed by atoms with Gasteiger partial charge in [0, 0.05) is 24.0 Å². The third kappa shape index (κ3) is 3.55. The third-order valence-electron chi connectivity index (χ3n) is 4.13. The summed E-state index contributed by atoms with van der Waals surface area (Å²) in [7, 11) is 0. The van der Waals surface area contributed by atoms with Crippen molar-refractivity contribution in [1.82, 2.24) is 9.88 Å². The maximum absolute atomic E-state index is 12.6. The van der Waals surface area contributed by atoms with Crippen molar-refractivity contribution in [2.75, 3.05) is 0 Å². The second kappa shape index (κ2) is 6.69. The predicted molar refractivity (Wildman–Crippen MR) is 76.8 cm³/mol. The molecule has 1 aliphatic carbocycles. The molecular formula is C16H24N2O. The summed E-state index contributed by atoms with van der Waals surface area (Å²) in [6, 6.07) is 6.54. The van der Waals surface area contributed by atoms with Gasteiger partial charge in [0.05, 0.1) is 6.42 Å². The lowest BCUT2D eigenvalue weighted by Crippen LogP contribution is -2.45. The standard InChI is InChI=1S/C16H24N2O/c1-3-13(2)18(15-9-4-5-10-15)16(19)12-14-8-6-7-11-17-14/h6-8,11,13,15H,3-5,9-10,12H2,1-2H3/t13-/m0/s1. The van der Waals surface area contributed by atoms with E-state index in [1.165, 1.54) is 12.8 Å². The first kappa shape index (κ1) is 14.0. The lowest BCUT2D eigenvalue weighted by atomic mass is 10.1. The van der Waals surface area contributed by atoms with Crippen LogP contribution in [0.1, 0.15) is 51.6 Å². The van der Waals surface area contributed by atoms with Gasteiger partial charge >= 0.3 is 0 Å². The Morgan fingerprint density at radius 2 is 2.16 bits per heavy atom. The van der Waals surface area contributed by atoms with E-state index in [9.17, 15) is 4.79 Å². The molecule has 0 aromatic carbocycles. The zero-order chi connectivity index (χ0) is 13.7. The molecular weight excluding hydrogens is 236 g/mol. The van der Waals surface area contributed by atoms with Gasteiger partial charge in [-0.05, 0) is 38.3 Å². The average molecular weight is 260 g/mol. The number of carbonyl (C=O) groups is 1. The fourth-order valence-electron chi connectivity index (χ4n) is 2.94. The van der Waals surface area contributed by atoms with E-state index >= 15 is 0 Å². The highest BCUT2D eigenvalue weighted by molar-refractivity contribution is 5.79.